The van der Waals surface area contributed by atoms with Gasteiger partial charge in [0.25, 0.3) is 5.69 Å². The molecule has 0 atom stereocenters. The Kier molecular flexibility index (Phi) is 6.18. The molecule has 2 aromatic carbocycles. The monoisotopic (exact) mass is 438 g/mol. The van der Waals surface area contributed by atoms with E-state index in [1.54, 1.807) is 30.5 Å². The van der Waals surface area contributed by atoms with Crippen LogP contribution in [0.1, 0.15) is 18.4 Å². The highest BCUT2D eigenvalue weighted by atomic mass is 35.5. The van der Waals surface area contributed by atoms with Gasteiger partial charge >= 0.3 is 0 Å². The normalized spacial score (nSPS) is 13.5. The predicted molar refractivity (Wildman–Crippen MR) is 120 cm³/mol. The molecule has 11 heteroatoms. The van der Waals surface area contributed by atoms with E-state index in [4.69, 9.17) is 11.6 Å². The van der Waals surface area contributed by atoms with Crippen molar-refractivity contribution in [3.8, 4) is 0 Å². The zero-order valence-corrected chi connectivity index (χ0v) is 17.2. The zero-order chi connectivity index (χ0) is 21.6. The second-order valence-corrected chi connectivity index (χ2v) is 7.26. The van der Waals surface area contributed by atoms with Crippen molar-refractivity contribution >= 4 is 47.0 Å². The van der Waals surface area contributed by atoms with Gasteiger partial charge in [-0.3, -0.25) is 10.1 Å². The number of nitro groups is 1. The Bertz CT molecular complexity index is 1080. The lowest BCUT2D eigenvalue weighted by molar-refractivity contribution is -0.384. The van der Waals surface area contributed by atoms with Crippen LogP contribution in [0.4, 0.5) is 29.2 Å². The van der Waals surface area contributed by atoms with Gasteiger partial charge in [0.1, 0.15) is 0 Å². The minimum atomic E-state index is -0.446. The molecule has 1 aliphatic heterocycles. The van der Waals surface area contributed by atoms with Crippen LogP contribution in [0.15, 0.2) is 53.6 Å². The maximum atomic E-state index is 10.8. The molecular weight excluding hydrogens is 420 g/mol. The Morgan fingerprint density at radius 3 is 2.35 bits per heavy atom. The van der Waals surface area contributed by atoms with Crippen molar-refractivity contribution in [2.75, 3.05) is 28.7 Å². The molecule has 0 radical (unpaired) electrons. The third kappa shape index (κ3) is 5.43. The van der Waals surface area contributed by atoms with Crippen LogP contribution in [0.5, 0.6) is 0 Å². The molecular formula is C20H19ClN8O2. The molecule has 10 nitrogen and oxygen atoms in total. The van der Waals surface area contributed by atoms with Gasteiger partial charge in [0.05, 0.1) is 11.1 Å². The van der Waals surface area contributed by atoms with E-state index in [0.717, 1.165) is 31.5 Å². The topological polar surface area (TPSA) is 121 Å². The van der Waals surface area contributed by atoms with Crippen LogP contribution in [0, 0.1) is 10.1 Å². The number of benzene rings is 2. The average Bonchev–Trinajstić information content (AvgIpc) is 3.30. The standard InChI is InChI=1S/C20H19ClN8O2/c21-15-5-3-14(4-6-15)13-22-27-19-24-18(25-20(26-19)28-11-1-2-12-28)23-16-7-9-17(10-8-16)29(30)31/h3-10,13H,1-2,11-12H2,(H2,23,24,25,26,27)/b22-13-. The minimum absolute atomic E-state index is 0.0119. The summed E-state index contributed by atoms with van der Waals surface area (Å²) in [6, 6.07) is 13.3. The van der Waals surface area contributed by atoms with Gasteiger partial charge in [-0.1, -0.05) is 23.7 Å². The summed E-state index contributed by atoms with van der Waals surface area (Å²) in [5, 5.41) is 18.8. The van der Waals surface area contributed by atoms with Gasteiger partial charge in [-0.05, 0) is 42.7 Å². The Morgan fingerprint density at radius 2 is 1.68 bits per heavy atom. The Hall–Kier alpha value is -3.79. The van der Waals surface area contributed by atoms with Gasteiger partial charge in [-0.15, -0.1) is 0 Å². The molecule has 3 aromatic rings. The van der Waals surface area contributed by atoms with Gasteiger partial charge in [-0.25, -0.2) is 5.43 Å². The van der Waals surface area contributed by atoms with Crippen molar-refractivity contribution in [1.82, 2.24) is 15.0 Å². The Balaban J connectivity index is 1.54. The molecule has 158 valence electrons. The molecule has 1 aromatic heterocycles. The first-order chi connectivity index (χ1) is 15.1. The average molecular weight is 439 g/mol. The van der Waals surface area contributed by atoms with E-state index in [-0.39, 0.29) is 11.6 Å². The molecule has 1 aliphatic rings. The molecule has 1 saturated heterocycles. The van der Waals surface area contributed by atoms with Crippen LogP contribution in [0.25, 0.3) is 0 Å². The van der Waals surface area contributed by atoms with E-state index < -0.39 is 4.92 Å². The fourth-order valence-electron chi connectivity index (χ4n) is 3.04. The largest absolute Gasteiger partial charge is 0.341 e. The van der Waals surface area contributed by atoms with Gasteiger partial charge in [0.15, 0.2) is 0 Å². The summed E-state index contributed by atoms with van der Waals surface area (Å²) in [7, 11) is 0. The zero-order valence-electron chi connectivity index (χ0n) is 16.4. The van der Waals surface area contributed by atoms with Crippen molar-refractivity contribution in [3.63, 3.8) is 0 Å². The number of hydrazone groups is 1. The number of halogens is 1. The fourth-order valence-corrected chi connectivity index (χ4v) is 3.16. The van der Waals surface area contributed by atoms with Crippen molar-refractivity contribution in [2.24, 2.45) is 5.10 Å². The maximum absolute atomic E-state index is 10.8. The minimum Gasteiger partial charge on any atom is -0.341 e. The first-order valence-corrected chi connectivity index (χ1v) is 10.0. The Morgan fingerprint density at radius 1 is 1.00 bits per heavy atom. The van der Waals surface area contributed by atoms with E-state index in [9.17, 15) is 10.1 Å². The summed E-state index contributed by atoms with van der Waals surface area (Å²) in [5.41, 5.74) is 4.35. The molecule has 2 heterocycles. The molecule has 0 spiro atoms. The summed E-state index contributed by atoms with van der Waals surface area (Å²) >= 11 is 5.90. The number of nitrogens with one attached hydrogen (secondary N) is 2. The van der Waals surface area contributed by atoms with Crippen LogP contribution < -0.4 is 15.6 Å². The van der Waals surface area contributed by atoms with Gasteiger partial charge in [0.2, 0.25) is 17.8 Å². The quantitative estimate of drug-likeness (QED) is 0.319. The summed E-state index contributed by atoms with van der Waals surface area (Å²) in [6.45, 7) is 1.74. The van der Waals surface area contributed by atoms with Gasteiger partial charge < -0.3 is 10.2 Å². The number of hydrogen-bond donors (Lipinski definition) is 2. The van der Waals surface area contributed by atoms with Crippen molar-refractivity contribution < 1.29 is 4.92 Å². The van der Waals surface area contributed by atoms with Crippen LogP contribution >= 0.6 is 11.6 Å². The molecule has 0 aliphatic carbocycles. The van der Waals surface area contributed by atoms with Crippen molar-refractivity contribution in [2.45, 2.75) is 12.8 Å². The van der Waals surface area contributed by atoms with Crippen molar-refractivity contribution in [1.29, 1.82) is 0 Å². The molecule has 31 heavy (non-hydrogen) atoms. The summed E-state index contributed by atoms with van der Waals surface area (Å²) in [6.07, 6.45) is 3.79. The van der Waals surface area contributed by atoms with E-state index >= 15 is 0 Å². The second-order valence-electron chi connectivity index (χ2n) is 6.83. The van der Waals surface area contributed by atoms with Crippen LogP contribution in [-0.2, 0) is 0 Å². The number of nitro benzene ring substituents is 1. The molecule has 0 amide bonds. The van der Waals surface area contributed by atoms with Crippen molar-refractivity contribution in [3.05, 3.63) is 69.2 Å². The highest BCUT2D eigenvalue weighted by Gasteiger charge is 2.17. The number of anilines is 4. The first-order valence-electron chi connectivity index (χ1n) is 9.64. The predicted octanol–water partition coefficient (Wildman–Crippen LogP) is 4.22. The van der Waals surface area contributed by atoms with Gasteiger partial charge in [0, 0.05) is 35.9 Å². The summed E-state index contributed by atoms with van der Waals surface area (Å²) < 4.78 is 0. The van der Waals surface area contributed by atoms with E-state index in [1.807, 2.05) is 12.1 Å². The number of hydrogen-bond acceptors (Lipinski definition) is 9. The number of aromatic nitrogens is 3. The maximum Gasteiger partial charge on any atom is 0.269 e. The Labute approximate surface area is 183 Å². The molecule has 0 saturated carbocycles. The van der Waals surface area contributed by atoms with Crippen LogP contribution in [-0.4, -0.2) is 39.2 Å². The molecule has 2 N–H and O–H groups in total. The van der Waals surface area contributed by atoms with E-state index in [2.05, 4.69) is 35.7 Å². The lowest BCUT2D eigenvalue weighted by Crippen LogP contribution is -2.21. The van der Waals surface area contributed by atoms with Crippen LogP contribution in [0.2, 0.25) is 5.02 Å². The lowest BCUT2D eigenvalue weighted by atomic mass is 10.2. The van der Waals surface area contributed by atoms with Gasteiger partial charge in [-0.2, -0.15) is 20.1 Å². The number of rotatable bonds is 7. The third-order valence-electron chi connectivity index (χ3n) is 4.59. The van der Waals surface area contributed by atoms with E-state index in [1.165, 1.54) is 12.1 Å². The molecule has 4 rings (SSSR count). The highest BCUT2D eigenvalue weighted by Crippen LogP contribution is 2.22. The molecule has 0 unspecified atom stereocenters. The third-order valence-corrected chi connectivity index (χ3v) is 4.85. The number of nitrogens with zero attached hydrogens (tertiary/aromatic N) is 6. The smallest absolute Gasteiger partial charge is 0.269 e. The first kappa shape index (κ1) is 20.5. The van der Waals surface area contributed by atoms with Crippen LogP contribution in [0.3, 0.4) is 0 Å². The molecule has 0 bridgehead atoms. The highest BCUT2D eigenvalue weighted by molar-refractivity contribution is 6.30. The second kappa shape index (κ2) is 9.35. The summed E-state index contributed by atoms with van der Waals surface area (Å²) in [4.78, 5) is 25.8. The number of non-ortho nitro benzene ring substituents is 1. The summed E-state index contributed by atoms with van der Waals surface area (Å²) in [5.74, 6) is 1.14. The van der Waals surface area contributed by atoms with E-state index in [0.29, 0.717) is 22.6 Å². The lowest BCUT2D eigenvalue weighted by Gasteiger charge is -2.16. The molecule has 1 fully saturated rings. The SMILES string of the molecule is O=[N+]([O-])c1ccc(Nc2nc(N/N=C\c3ccc(Cl)cc3)nc(N3CCCC3)n2)cc1. The fraction of sp³-hybridized carbons (Fsp3) is 0.200.